The van der Waals surface area contributed by atoms with Crippen LogP contribution in [0.15, 0.2) is 30.3 Å². The number of benzene rings is 1. The second-order valence-corrected chi connectivity index (χ2v) is 7.84. The summed E-state index contributed by atoms with van der Waals surface area (Å²) < 4.78 is 0. The van der Waals surface area contributed by atoms with Crippen LogP contribution >= 0.6 is 0 Å². The fourth-order valence-corrected chi connectivity index (χ4v) is 4.34. The van der Waals surface area contributed by atoms with Crippen LogP contribution in [0.25, 0.3) is 0 Å². The van der Waals surface area contributed by atoms with Crippen molar-refractivity contribution in [3.05, 3.63) is 35.9 Å². The molecule has 2 aliphatic rings. The molecule has 0 N–H and O–H groups in total. The van der Waals surface area contributed by atoms with Gasteiger partial charge in [-0.3, -0.25) is 9.59 Å². The lowest BCUT2D eigenvalue weighted by molar-refractivity contribution is -0.138. The summed E-state index contributed by atoms with van der Waals surface area (Å²) >= 11 is 0. The molecule has 4 heteroatoms. The number of carbonyl (C=O) groups is 2. The molecule has 142 valence electrons. The summed E-state index contributed by atoms with van der Waals surface area (Å²) in [7, 11) is 0. The van der Waals surface area contributed by atoms with Gasteiger partial charge >= 0.3 is 0 Å². The van der Waals surface area contributed by atoms with Crippen LogP contribution < -0.4 is 0 Å². The standard InChI is InChI=1S/C22H32N2O2/c1-2-3-7-18-10-12-20(13-11-18)22(26)24-16-14-23(15-17-24)21(25)19-8-5-4-6-9-19/h4-6,8-9,18,20H,2-3,7,10-17H2,1H3. The lowest BCUT2D eigenvalue weighted by atomic mass is 9.79. The lowest BCUT2D eigenvalue weighted by Gasteiger charge is -2.38. The largest absolute Gasteiger partial charge is 0.339 e. The van der Waals surface area contributed by atoms with E-state index in [1.54, 1.807) is 0 Å². The topological polar surface area (TPSA) is 40.6 Å². The lowest BCUT2D eigenvalue weighted by Crippen LogP contribution is -2.52. The van der Waals surface area contributed by atoms with Crippen LogP contribution in [0.2, 0.25) is 0 Å². The third-order valence-electron chi connectivity index (χ3n) is 6.06. The molecule has 26 heavy (non-hydrogen) atoms. The van der Waals surface area contributed by atoms with Gasteiger partial charge in [0.05, 0.1) is 0 Å². The zero-order chi connectivity index (χ0) is 18.4. The van der Waals surface area contributed by atoms with E-state index < -0.39 is 0 Å². The maximum absolute atomic E-state index is 12.8. The zero-order valence-electron chi connectivity index (χ0n) is 16.0. The quantitative estimate of drug-likeness (QED) is 0.801. The average molecular weight is 357 g/mol. The summed E-state index contributed by atoms with van der Waals surface area (Å²) in [5.41, 5.74) is 0.734. The molecule has 0 atom stereocenters. The van der Waals surface area contributed by atoms with Crippen LogP contribution in [0.4, 0.5) is 0 Å². The first-order valence-corrected chi connectivity index (χ1v) is 10.3. The van der Waals surface area contributed by atoms with Crippen molar-refractivity contribution in [1.29, 1.82) is 0 Å². The number of rotatable bonds is 5. The minimum Gasteiger partial charge on any atom is -0.339 e. The SMILES string of the molecule is CCCCC1CCC(C(=O)N2CCN(C(=O)c3ccccc3)CC2)CC1. The molecular weight excluding hydrogens is 324 g/mol. The van der Waals surface area contributed by atoms with Crippen molar-refractivity contribution in [2.24, 2.45) is 11.8 Å². The van der Waals surface area contributed by atoms with Crippen LogP contribution in [0, 0.1) is 11.8 Å². The molecule has 1 heterocycles. The number of piperazine rings is 1. The number of nitrogens with zero attached hydrogens (tertiary/aromatic N) is 2. The van der Waals surface area contributed by atoms with Crippen molar-refractivity contribution in [3.63, 3.8) is 0 Å². The fraction of sp³-hybridized carbons (Fsp3) is 0.636. The Morgan fingerprint density at radius 2 is 1.54 bits per heavy atom. The second kappa shape index (κ2) is 9.20. The number of carbonyl (C=O) groups excluding carboxylic acids is 2. The average Bonchev–Trinajstić information content (AvgIpc) is 2.72. The van der Waals surface area contributed by atoms with E-state index in [9.17, 15) is 9.59 Å². The monoisotopic (exact) mass is 356 g/mol. The highest BCUT2D eigenvalue weighted by Gasteiger charge is 2.31. The van der Waals surface area contributed by atoms with Crippen molar-refractivity contribution >= 4 is 11.8 Å². The maximum atomic E-state index is 12.8. The molecule has 1 saturated heterocycles. The van der Waals surface area contributed by atoms with E-state index in [0.717, 1.165) is 24.3 Å². The van der Waals surface area contributed by atoms with Crippen molar-refractivity contribution in [3.8, 4) is 0 Å². The third kappa shape index (κ3) is 4.66. The van der Waals surface area contributed by atoms with E-state index in [2.05, 4.69) is 6.92 Å². The molecule has 1 aromatic carbocycles. The molecule has 2 amide bonds. The van der Waals surface area contributed by atoms with Crippen LogP contribution in [0.5, 0.6) is 0 Å². The smallest absolute Gasteiger partial charge is 0.253 e. The first-order valence-electron chi connectivity index (χ1n) is 10.3. The van der Waals surface area contributed by atoms with E-state index in [4.69, 9.17) is 0 Å². The Morgan fingerprint density at radius 3 is 2.15 bits per heavy atom. The second-order valence-electron chi connectivity index (χ2n) is 7.84. The van der Waals surface area contributed by atoms with Gasteiger partial charge in [-0.25, -0.2) is 0 Å². The van der Waals surface area contributed by atoms with Gasteiger partial charge in [-0.15, -0.1) is 0 Å². The Labute approximate surface area is 157 Å². The van der Waals surface area contributed by atoms with E-state index >= 15 is 0 Å². The van der Waals surface area contributed by atoms with E-state index in [0.29, 0.717) is 32.1 Å². The number of hydrogen-bond donors (Lipinski definition) is 0. The molecule has 1 aromatic rings. The van der Waals surface area contributed by atoms with Gasteiger partial charge in [-0.05, 0) is 43.7 Å². The first-order chi connectivity index (χ1) is 12.7. The molecule has 0 aromatic heterocycles. The minimum absolute atomic E-state index is 0.0779. The zero-order valence-corrected chi connectivity index (χ0v) is 16.0. The summed E-state index contributed by atoms with van der Waals surface area (Å²) in [6, 6.07) is 9.42. The highest BCUT2D eigenvalue weighted by atomic mass is 16.2. The van der Waals surface area contributed by atoms with Gasteiger partial charge in [0, 0.05) is 37.7 Å². The Morgan fingerprint density at radius 1 is 0.923 bits per heavy atom. The van der Waals surface area contributed by atoms with Crippen molar-refractivity contribution in [2.75, 3.05) is 26.2 Å². The number of unbranched alkanes of at least 4 members (excludes halogenated alkanes) is 1. The van der Waals surface area contributed by atoms with Gasteiger partial charge < -0.3 is 9.80 Å². The molecule has 0 radical (unpaired) electrons. The van der Waals surface area contributed by atoms with Crippen LogP contribution in [0.3, 0.4) is 0 Å². The highest BCUT2D eigenvalue weighted by Crippen LogP contribution is 2.33. The van der Waals surface area contributed by atoms with Crippen molar-refractivity contribution < 1.29 is 9.59 Å². The number of amides is 2. The Hall–Kier alpha value is -1.84. The van der Waals surface area contributed by atoms with Crippen LogP contribution in [-0.4, -0.2) is 47.8 Å². The van der Waals surface area contributed by atoms with Gasteiger partial charge in [-0.1, -0.05) is 44.4 Å². The van der Waals surface area contributed by atoms with Crippen molar-refractivity contribution in [2.45, 2.75) is 51.9 Å². The Balaban J connectivity index is 1.45. The number of hydrogen-bond acceptors (Lipinski definition) is 2. The fourth-order valence-electron chi connectivity index (χ4n) is 4.34. The molecule has 0 spiro atoms. The molecule has 2 fully saturated rings. The minimum atomic E-state index is 0.0779. The Kier molecular flexibility index (Phi) is 6.70. The van der Waals surface area contributed by atoms with Gasteiger partial charge in [0.1, 0.15) is 0 Å². The molecule has 1 aliphatic carbocycles. The molecule has 1 aliphatic heterocycles. The summed E-state index contributed by atoms with van der Waals surface area (Å²) in [6.45, 7) is 4.88. The van der Waals surface area contributed by atoms with E-state index in [1.807, 2.05) is 40.1 Å². The van der Waals surface area contributed by atoms with Gasteiger partial charge in [0.2, 0.25) is 5.91 Å². The van der Waals surface area contributed by atoms with Gasteiger partial charge in [-0.2, -0.15) is 0 Å². The van der Waals surface area contributed by atoms with Gasteiger partial charge in [0.15, 0.2) is 0 Å². The third-order valence-corrected chi connectivity index (χ3v) is 6.06. The van der Waals surface area contributed by atoms with Crippen LogP contribution in [0.1, 0.15) is 62.2 Å². The maximum Gasteiger partial charge on any atom is 0.253 e. The molecule has 3 rings (SSSR count). The molecular formula is C22H32N2O2. The molecule has 0 unspecified atom stereocenters. The van der Waals surface area contributed by atoms with E-state index in [-0.39, 0.29) is 11.8 Å². The molecule has 4 nitrogen and oxygen atoms in total. The van der Waals surface area contributed by atoms with E-state index in [1.165, 1.54) is 32.1 Å². The summed E-state index contributed by atoms with van der Waals surface area (Å²) in [4.78, 5) is 29.2. The molecule has 0 bridgehead atoms. The first kappa shape index (κ1) is 18.9. The summed E-state index contributed by atoms with van der Waals surface area (Å²) in [5.74, 6) is 1.45. The van der Waals surface area contributed by atoms with Crippen molar-refractivity contribution in [1.82, 2.24) is 9.80 Å². The highest BCUT2D eigenvalue weighted by molar-refractivity contribution is 5.94. The predicted molar refractivity (Wildman–Crippen MR) is 104 cm³/mol. The summed E-state index contributed by atoms with van der Waals surface area (Å²) in [6.07, 6.45) is 8.45. The van der Waals surface area contributed by atoms with Gasteiger partial charge in [0.25, 0.3) is 5.91 Å². The molecule has 1 saturated carbocycles. The van der Waals surface area contributed by atoms with Crippen LogP contribution in [-0.2, 0) is 4.79 Å². The predicted octanol–water partition coefficient (Wildman–Crippen LogP) is 3.97. The normalized spacial score (nSPS) is 23.7. The Bertz CT molecular complexity index is 585. The summed E-state index contributed by atoms with van der Waals surface area (Å²) in [5, 5.41) is 0.